The molecule has 4 nitrogen and oxygen atoms in total. The summed E-state index contributed by atoms with van der Waals surface area (Å²) in [6.45, 7) is 4.47. The van der Waals surface area contributed by atoms with Crippen LogP contribution in [0, 0.1) is 36.0 Å². The molecule has 1 saturated heterocycles. The summed E-state index contributed by atoms with van der Waals surface area (Å²) in [7, 11) is -3.61. The highest BCUT2D eigenvalue weighted by molar-refractivity contribution is 7.89. The highest BCUT2D eigenvalue weighted by atomic mass is 32.2. The third-order valence-corrected chi connectivity index (χ3v) is 7.49. The van der Waals surface area contributed by atoms with Crippen LogP contribution in [0.2, 0.25) is 0 Å². The van der Waals surface area contributed by atoms with Crippen LogP contribution in [0.5, 0.6) is 0 Å². The molecule has 1 aromatic carbocycles. The summed E-state index contributed by atoms with van der Waals surface area (Å²) in [6, 6.07) is 8.64. The van der Waals surface area contributed by atoms with E-state index in [4.69, 9.17) is 0 Å². The molecular weight excluding hydrogens is 308 g/mol. The van der Waals surface area contributed by atoms with Gasteiger partial charge in [0, 0.05) is 6.54 Å². The average Bonchev–Trinajstić information content (AvgIpc) is 2.55. The Morgan fingerprint density at radius 2 is 1.83 bits per heavy atom. The summed E-state index contributed by atoms with van der Waals surface area (Å²) in [5.41, 5.74) is 1.03. The largest absolute Gasteiger partial charge is 0.244 e. The summed E-state index contributed by atoms with van der Waals surface area (Å²) >= 11 is 0. The molecule has 0 aromatic heterocycles. The lowest BCUT2D eigenvalue weighted by atomic mass is 9.68. The molecule has 124 valence electrons. The first-order valence-corrected chi connectivity index (χ1v) is 9.87. The van der Waals surface area contributed by atoms with Crippen LogP contribution in [0.25, 0.3) is 0 Å². The molecule has 0 radical (unpaired) electrons. The van der Waals surface area contributed by atoms with Crippen molar-refractivity contribution in [2.75, 3.05) is 6.54 Å². The number of sulfonamides is 1. The number of fused-ring (bicyclic) bond motifs is 1. The van der Waals surface area contributed by atoms with Crippen LogP contribution in [0.3, 0.4) is 0 Å². The first kappa shape index (κ1) is 16.5. The molecule has 0 amide bonds. The normalized spacial score (nSPS) is 32.0. The SMILES string of the molecule is Cc1ccc(S(=O)(=O)N2C[C@@H]3CCCC[C@@H]3[C@@H](C)[C@H]2C#N)cc1. The fraction of sp³-hybridized carbons (Fsp3) is 0.611. The molecule has 0 bridgehead atoms. The van der Waals surface area contributed by atoms with E-state index in [9.17, 15) is 13.7 Å². The zero-order valence-electron chi connectivity index (χ0n) is 13.8. The third-order valence-electron chi connectivity index (χ3n) is 5.63. The van der Waals surface area contributed by atoms with Crippen molar-refractivity contribution in [2.24, 2.45) is 17.8 Å². The summed E-state index contributed by atoms with van der Waals surface area (Å²) in [5, 5.41) is 9.62. The van der Waals surface area contributed by atoms with Gasteiger partial charge in [0.05, 0.1) is 11.0 Å². The minimum absolute atomic E-state index is 0.0965. The Hall–Kier alpha value is -1.38. The van der Waals surface area contributed by atoms with Crippen LogP contribution in [-0.2, 0) is 10.0 Å². The van der Waals surface area contributed by atoms with Gasteiger partial charge in [0.1, 0.15) is 6.04 Å². The van der Waals surface area contributed by atoms with Crippen LogP contribution in [-0.4, -0.2) is 25.3 Å². The Balaban J connectivity index is 1.96. The Labute approximate surface area is 139 Å². The molecule has 2 aliphatic rings. The quantitative estimate of drug-likeness (QED) is 0.834. The van der Waals surface area contributed by atoms with E-state index in [1.165, 1.54) is 17.1 Å². The van der Waals surface area contributed by atoms with Gasteiger partial charge in [0.15, 0.2) is 0 Å². The maximum absolute atomic E-state index is 13.1. The number of rotatable bonds is 2. The van der Waals surface area contributed by atoms with E-state index in [-0.39, 0.29) is 5.92 Å². The van der Waals surface area contributed by atoms with Gasteiger partial charge in [-0.2, -0.15) is 9.57 Å². The fourth-order valence-electron chi connectivity index (χ4n) is 4.27. The van der Waals surface area contributed by atoms with Crippen molar-refractivity contribution >= 4 is 10.0 Å². The molecule has 0 spiro atoms. The average molecular weight is 332 g/mol. The molecule has 4 atom stereocenters. The Morgan fingerprint density at radius 1 is 1.17 bits per heavy atom. The maximum atomic E-state index is 13.1. The smallest absolute Gasteiger partial charge is 0.207 e. The van der Waals surface area contributed by atoms with E-state index < -0.39 is 16.1 Å². The Morgan fingerprint density at radius 3 is 2.48 bits per heavy atom. The van der Waals surface area contributed by atoms with Gasteiger partial charge in [-0.25, -0.2) is 8.42 Å². The number of benzene rings is 1. The van der Waals surface area contributed by atoms with Crippen molar-refractivity contribution in [3.8, 4) is 6.07 Å². The molecule has 1 aromatic rings. The van der Waals surface area contributed by atoms with E-state index in [2.05, 4.69) is 6.07 Å². The standard InChI is InChI=1S/C18H24N2O2S/c1-13-7-9-16(10-8-13)23(21,22)20-12-15-5-3-4-6-17(15)14(2)18(20)11-19/h7-10,14-15,17-18H,3-6,12H2,1-2H3/t14-,15+,17-,18-/m1/s1. The molecule has 1 aliphatic carbocycles. The Bertz CT molecular complexity index is 706. The third kappa shape index (κ3) is 2.90. The first-order chi connectivity index (χ1) is 10.9. The van der Waals surface area contributed by atoms with Crippen molar-refractivity contribution < 1.29 is 8.42 Å². The molecule has 0 unspecified atom stereocenters. The van der Waals surface area contributed by atoms with Gasteiger partial charge in [-0.3, -0.25) is 0 Å². The predicted molar refractivity (Wildman–Crippen MR) is 89.1 cm³/mol. The lowest BCUT2D eigenvalue weighted by molar-refractivity contribution is 0.0590. The van der Waals surface area contributed by atoms with Gasteiger partial charge in [-0.05, 0) is 49.7 Å². The van der Waals surface area contributed by atoms with Crippen molar-refractivity contribution in [3.05, 3.63) is 29.8 Å². The summed E-state index contributed by atoms with van der Waals surface area (Å²) in [6.07, 6.45) is 4.58. The van der Waals surface area contributed by atoms with Gasteiger partial charge in [-0.1, -0.05) is 37.5 Å². The number of hydrogen-bond acceptors (Lipinski definition) is 3. The number of hydrogen-bond donors (Lipinski definition) is 0. The molecule has 1 saturated carbocycles. The van der Waals surface area contributed by atoms with Crippen LogP contribution in [0.4, 0.5) is 0 Å². The lowest BCUT2D eigenvalue weighted by Crippen LogP contribution is -2.54. The fourth-order valence-corrected chi connectivity index (χ4v) is 5.95. The second-order valence-electron chi connectivity index (χ2n) is 7.03. The molecule has 23 heavy (non-hydrogen) atoms. The summed E-state index contributed by atoms with van der Waals surface area (Å²) in [5.74, 6) is 0.973. The maximum Gasteiger partial charge on any atom is 0.244 e. The van der Waals surface area contributed by atoms with Crippen LogP contribution < -0.4 is 0 Å². The minimum Gasteiger partial charge on any atom is -0.207 e. The summed E-state index contributed by atoms with van der Waals surface area (Å²) < 4.78 is 27.6. The summed E-state index contributed by atoms with van der Waals surface area (Å²) in [4.78, 5) is 0.296. The van der Waals surface area contributed by atoms with Crippen molar-refractivity contribution in [1.29, 1.82) is 5.26 Å². The molecular formula is C18H24N2O2S. The molecule has 5 heteroatoms. The number of piperidine rings is 1. The van der Waals surface area contributed by atoms with Crippen LogP contribution >= 0.6 is 0 Å². The number of nitrogens with zero attached hydrogens (tertiary/aromatic N) is 2. The van der Waals surface area contributed by atoms with Crippen LogP contribution in [0.15, 0.2) is 29.2 Å². The zero-order chi connectivity index (χ0) is 16.6. The lowest BCUT2D eigenvalue weighted by Gasteiger charge is -2.47. The van der Waals surface area contributed by atoms with Crippen LogP contribution in [0.1, 0.15) is 38.2 Å². The first-order valence-electron chi connectivity index (χ1n) is 8.43. The van der Waals surface area contributed by atoms with E-state index in [0.29, 0.717) is 23.3 Å². The molecule has 0 N–H and O–H groups in total. The van der Waals surface area contributed by atoms with Gasteiger partial charge in [-0.15, -0.1) is 0 Å². The Kier molecular flexibility index (Phi) is 4.48. The van der Waals surface area contributed by atoms with Gasteiger partial charge in [0.2, 0.25) is 10.0 Å². The molecule has 1 heterocycles. The van der Waals surface area contributed by atoms with Gasteiger partial charge in [0.25, 0.3) is 0 Å². The van der Waals surface area contributed by atoms with Gasteiger partial charge >= 0.3 is 0 Å². The second kappa shape index (κ2) is 6.26. The number of nitriles is 1. The minimum atomic E-state index is -3.61. The zero-order valence-corrected chi connectivity index (χ0v) is 14.6. The monoisotopic (exact) mass is 332 g/mol. The molecule has 3 rings (SSSR count). The second-order valence-corrected chi connectivity index (χ2v) is 8.92. The molecule has 2 fully saturated rings. The van der Waals surface area contributed by atoms with E-state index in [1.54, 1.807) is 12.1 Å². The highest BCUT2D eigenvalue weighted by Gasteiger charge is 2.46. The van der Waals surface area contributed by atoms with Crippen molar-refractivity contribution in [3.63, 3.8) is 0 Å². The highest BCUT2D eigenvalue weighted by Crippen LogP contribution is 2.43. The van der Waals surface area contributed by atoms with E-state index in [0.717, 1.165) is 18.4 Å². The van der Waals surface area contributed by atoms with E-state index >= 15 is 0 Å². The van der Waals surface area contributed by atoms with E-state index in [1.807, 2.05) is 26.0 Å². The predicted octanol–water partition coefficient (Wildman–Crippen LogP) is 3.33. The number of aryl methyl sites for hydroxylation is 1. The topological polar surface area (TPSA) is 61.2 Å². The molecule has 1 aliphatic heterocycles. The van der Waals surface area contributed by atoms with Gasteiger partial charge < -0.3 is 0 Å². The van der Waals surface area contributed by atoms with Crippen molar-refractivity contribution in [2.45, 2.75) is 50.5 Å². The van der Waals surface area contributed by atoms with Crippen molar-refractivity contribution in [1.82, 2.24) is 4.31 Å².